The van der Waals surface area contributed by atoms with Crippen molar-refractivity contribution in [2.24, 2.45) is 0 Å². The van der Waals surface area contributed by atoms with Crippen molar-refractivity contribution in [3.8, 4) is 0 Å². The van der Waals surface area contributed by atoms with Crippen molar-refractivity contribution >= 4 is 17.1 Å². The Morgan fingerprint density at radius 2 is 2.06 bits per heavy atom. The fourth-order valence-electron chi connectivity index (χ4n) is 2.67. The summed E-state index contributed by atoms with van der Waals surface area (Å²) < 4.78 is 0. The Morgan fingerprint density at radius 3 is 2.61 bits per heavy atom. The van der Waals surface area contributed by atoms with Gasteiger partial charge in [-0.15, -0.1) is 11.3 Å². The van der Waals surface area contributed by atoms with Gasteiger partial charge in [0.1, 0.15) is 5.78 Å². The molecule has 0 atom stereocenters. The van der Waals surface area contributed by atoms with Gasteiger partial charge in [0.25, 0.3) is 0 Å². The summed E-state index contributed by atoms with van der Waals surface area (Å²) in [4.78, 5) is 17.7. The molecule has 0 spiro atoms. The number of Topliss-reactive ketones (excluding diaryl/α,β-unsaturated/α-hetero) is 1. The number of thiazole rings is 1. The molecule has 0 N–H and O–H groups in total. The first-order valence-corrected chi connectivity index (χ1v) is 7.15. The molecule has 1 fully saturated rings. The Kier molecular flexibility index (Phi) is 3.00. The minimum atomic E-state index is -0.217. The highest BCUT2D eigenvalue weighted by Crippen LogP contribution is 2.45. The lowest BCUT2D eigenvalue weighted by molar-refractivity contribution is -0.126. The molecule has 3 heteroatoms. The van der Waals surface area contributed by atoms with E-state index in [9.17, 15) is 4.79 Å². The van der Waals surface area contributed by atoms with Crippen LogP contribution in [0.25, 0.3) is 0 Å². The van der Waals surface area contributed by atoms with Crippen LogP contribution in [0.1, 0.15) is 29.7 Å². The van der Waals surface area contributed by atoms with E-state index in [0.717, 1.165) is 24.1 Å². The second-order valence-electron chi connectivity index (χ2n) is 4.87. The van der Waals surface area contributed by atoms with E-state index in [-0.39, 0.29) is 5.41 Å². The lowest BCUT2D eigenvalue weighted by Gasteiger charge is -2.41. The smallest absolute Gasteiger partial charge is 0.148 e. The predicted octanol–water partition coefficient (Wildman–Crippen LogP) is 3.38. The lowest BCUT2D eigenvalue weighted by atomic mass is 9.61. The third-order valence-electron chi connectivity index (χ3n) is 3.89. The van der Waals surface area contributed by atoms with Crippen LogP contribution in [0.3, 0.4) is 0 Å². The summed E-state index contributed by atoms with van der Waals surface area (Å²) in [6.07, 6.45) is 5.48. The van der Waals surface area contributed by atoms with Gasteiger partial charge in [0.05, 0.1) is 10.9 Å². The zero-order valence-corrected chi connectivity index (χ0v) is 11.0. The molecule has 1 aliphatic carbocycles. The minimum Gasteiger partial charge on any atom is -0.298 e. The zero-order valence-electron chi connectivity index (χ0n) is 10.1. The van der Waals surface area contributed by atoms with Gasteiger partial charge >= 0.3 is 0 Å². The molecule has 1 aliphatic rings. The minimum absolute atomic E-state index is 0.217. The summed E-state index contributed by atoms with van der Waals surface area (Å²) in [7, 11) is 0. The molecule has 0 radical (unpaired) electrons. The van der Waals surface area contributed by atoms with E-state index in [1.807, 2.05) is 18.2 Å². The summed E-state index contributed by atoms with van der Waals surface area (Å²) >= 11 is 1.57. The quantitative estimate of drug-likeness (QED) is 0.840. The number of hydrogen-bond acceptors (Lipinski definition) is 3. The van der Waals surface area contributed by atoms with Crippen molar-refractivity contribution < 1.29 is 4.79 Å². The van der Waals surface area contributed by atoms with Gasteiger partial charge in [0.15, 0.2) is 0 Å². The Labute approximate surface area is 111 Å². The molecule has 0 unspecified atom stereocenters. The molecule has 3 rings (SSSR count). The number of nitrogens with zero attached hydrogens (tertiary/aromatic N) is 1. The molecular weight excluding hydrogens is 242 g/mol. The lowest BCUT2D eigenvalue weighted by Crippen LogP contribution is -2.43. The average molecular weight is 257 g/mol. The summed E-state index contributed by atoms with van der Waals surface area (Å²) in [5.41, 5.74) is 2.76. The van der Waals surface area contributed by atoms with Gasteiger partial charge in [-0.2, -0.15) is 0 Å². The van der Waals surface area contributed by atoms with E-state index >= 15 is 0 Å². The SMILES string of the molecule is O=C(Cc1cncs1)C1(c2ccccc2)CCC1. The van der Waals surface area contributed by atoms with Crippen LogP contribution in [0, 0.1) is 0 Å². The van der Waals surface area contributed by atoms with Crippen molar-refractivity contribution in [2.75, 3.05) is 0 Å². The molecule has 1 aromatic heterocycles. The van der Waals surface area contributed by atoms with Crippen LogP contribution in [0.5, 0.6) is 0 Å². The van der Waals surface area contributed by atoms with Crippen LogP contribution >= 0.6 is 11.3 Å². The van der Waals surface area contributed by atoms with Crippen LogP contribution in [-0.4, -0.2) is 10.8 Å². The first-order chi connectivity index (χ1) is 8.81. The van der Waals surface area contributed by atoms with Gasteiger partial charge in [-0.25, -0.2) is 0 Å². The Balaban J connectivity index is 1.86. The monoisotopic (exact) mass is 257 g/mol. The third-order valence-corrected chi connectivity index (χ3v) is 4.67. The van der Waals surface area contributed by atoms with E-state index < -0.39 is 0 Å². The van der Waals surface area contributed by atoms with Crippen molar-refractivity contribution in [3.05, 3.63) is 52.5 Å². The average Bonchev–Trinajstić information content (AvgIpc) is 2.82. The molecular formula is C15H15NOS. The number of benzene rings is 1. The number of aromatic nitrogens is 1. The molecule has 92 valence electrons. The normalized spacial score (nSPS) is 17.1. The topological polar surface area (TPSA) is 30.0 Å². The van der Waals surface area contributed by atoms with Crippen LogP contribution in [0.15, 0.2) is 42.0 Å². The maximum atomic E-state index is 12.6. The van der Waals surface area contributed by atoms with Gasteiger partial charge in [-0.3, -0.25) is 9.78 Å². The van der Waals surface area contributed by atoms with E-state index in [4.69, 9.17) is 0 Å². The van der Waals surface area contributed by atoms with Crippen LogP contribution in [0.4, 0.5) is 0 Å². The van der Waals surface area contributed by atoms with Crippen LogP contribution in [0.2, 0.25) is 0 Å². The standard InChI is InChI=1S/C15H15NOS/c17-14(9-13-10-16-11-18-13)15(7-4-8-15)12-5-2-1-3-6-12/h1-3,5-6,10-11H,4,7-9H2. The van der Waals surface area contributed by atoms with Crippen molar-refractivity contribution in [1.29, 1.82) is 0 Å². The maximum Gasteiger partial charge on any atom is 0.148 e. The summed E-state index contributed by atoms with van der Waals surface area (Å²) in [5, 5.41) is 0. The Morgan fingerprint density at radius 1 is 1.28 bits per heavy atom. The van der Waals surface area contributed by atoms with Gasteiger partial charge in [0, 0.05) is 17.5 Å². The molecule has 1 saturated carbocycles. The molecule has 2 nitrogen and oxygen atoms in total. The molecule has 1 aromatic carbocycles. The molecule has 0 saturated heterocycles. The number of rotatable bonds is 4. The van der Waals surface area contributed by atoms with Crippen molar-refractivity contribution in [1.82, 2.24) is 4.98 Å². The highest BCUT2D eigenvalue weighted by Gasteiger charge is 2.44. The van der Waals surface area contributed by atoms with Gasteiger partial charge in [0.2, 0.25) is 0 Å². The predicted molar refractivity (Wildman–Crippen MR) is 72.8 cm³/mol. The van der Waals surface area contributed by atoms with Crippen LogP contribution in [-0.2, 0) is 16.6 Å². The molecule has 18 heavy (non-hydrogen) atoms. The fourth-order valence-corrected chi connectivity index (χ4v) is 3.27. The highest BCUT2D eigenvalue weighted by atomic mass is 32.1. The molecule has 0 aliphatic heterocycles. The highest BCUT2D eigenvalue weighted by molar-refractivity contribution is 7.09. The molecule has 0 bridgehead atoms. The number of hydrogen-bond donors (Lipinski definition) is 0. The molecule has 0 amide bonds. The Bertz CT molecular complexity index is 529. The second-order valence-corrected chi connectivity index (χ2v) is 5.84. The molecule has 1 heterocycles. The second kappa shape index (κ2) is 4.65. The maximum absolute atomic E-state index is 12.6. The third kappa shape index (κ3) is 1.89. The first-order valence-electron chi connectivity index (χ1n) is 6.27. The van der Waals surface area contributed by atoms with Crippen molar-refractivity contribution in [2.45, 2.75) is 31.1 Å². The van der Waals surface area contributed by atoms with Crippen molar-refractivity contribution in [3.63, 3.8) is 0 Å². The number of carbonyl (C=O) groups is 1. The number of carbonyl (C=O) groups excluding carboxylic acids is 1. The van der Waals surface area contributed by atoms with Gasteiger partial charge in [-0.05, 0) is 18.4 Å². The van der Waals surface area contributed by atoms with Gasteiger partial charge in [-0.1, -0.05) is 36.8 Å². The van der Waals surface area contributed by atoms with E-state index in [2.05, 4.69) is 17.1 Å². The molecule has 2 aromatic rings. The van der Waals surface area contributed by atoms with Gasteiger partial charge < -0.3 is 0 Å². The first kappa shape index (κ1) is 11.6. The fraction of sp³-hybridized carbons (Fsp3) is 0.333. The van der Waals surface area contributed by atoms with E-state index in [1.54, 1.807) is 23.0 Å². The van der Waals surface area contributed by atoms with Crippen LogP contribution < -0.4 is 0 Å². The summed E-state index contributed by atoms with van der Waals surface area (Å²) in [6, 6.07) is 10.2. The van der Waals surface area contributed by atoms with E-state index in [1.165, 1.54) is 5.56 Å². The summed E-state index contributed by atoms with van der Waals surface area (Å²) in [6.45, 7) is 0. The number of ketones is 1. The summed E-state index contributed by atoms with van der Waals surface area (Å²) in [5.74, 6) is 0.351. The zero-order chi connectivity index (χ0) is 12.4. The largest absolute Gasteiger partial charge is 0.298 e. The Hall–Kier alpha value is -1.48. The van der Waals surface area contributed by atoms with E-state index in [0.29, 0.717) is 12.2 Å².